The van der Waals surface area contributed by atoms with Gasteiger partial charge in [0.1, 0.15) is 0 Å². The normalized spacial score (nSPS) is 15.2. The predicted molar refractivity (Wildman–Crippen MR) is 53.1 cm³/mol. The van der Waals surface area contributed by atoms with E-state index in [1.807, 2.05) is 5.48 Å². The second-order valence-corrected chi connectivity index (χ2v) is 3.26. The highest BCUT2D eigenvalue weighted by Gasteiger charge is 2.31. The number of methoxy groups -OCH3 is 1. The van der Waals surface area contributed by atoms with Crippen LogP contribution in [-0.2, 0) is 24.0 Å². The van der Waals surface area contributed by atoms with E-state index in [0.717, 1.165) is 0 Å². The van der Waals surface area contributed by atoms with Gasteiger partial charge in [0.15, 0.2) is 0 Å². The van der Waals surface area contributed by atoms with Crippen molar-refractivity contribution in [3.8, 4) is 0 Å². The number of nitrogens with one attached hydrogen (secondary N) is 1. The minimum absolute atomic E-state index is 0.0867. The van der Waals surface area contributed by atoms with Gasteiger partial charge in [-0.15, -0.1) is 10.0 Å². The molecule has 1 fully saturated rings. The molecule has 96 valence electrons. The third kappa shape index (κ3) is 4.37. The molecule has 8 nitrogen and oxygen atoms in total. The summed E-state index contributed by atoms with van der Waals surface area (Å²) < 4.78 is 9.42. The molecule has 0 aromatic rings. The molecule has 1 aliphatic rings. The number of hydroxylamine groups is 3. The molecule has 0 saturated carbocycles. The van der Waals surface area contributed by atoms with Gasteiger partial charge >= 0.3 is 6.09 Å². The highest BCUT2D eigenvalue weighted by Crippen LogP contribution is 2.10. The maximum atomic E-state index is 11.1. The smallest absolute Gasteiger partial charge is 0.433 e. The zero-order valence-electron chi connectivity index (χ0n) is 9.43. The minimum atomic E-state index is -0.867. The largest absolute Gasteiger partial charge is 0.448 e. The zero-order chi connectivity index (χ0) is 12.7. The number of carbonyl (C=O) groups excluding carboxylic acids is 3. The van der Waals surface area contributed by atoms with Gasteiger partial charge in [-0.25, -0.2) is 4.79 Å². The SMILES string of the molecule is COCCCOC(=O)NON1C(=O)CCC1=O. The van der Waals surface area contributed by atoms with Gasteiger partial charge in [-0.1, -0.05) is 0 Å². The van der Waals surface area contributed by atoms with Gasteiger partial charge in [0, 0.05) is 33.0 Å². The second-order valence-electron chi connectivity index (χ2n) is 3.26. The summed E-state index contributed by atoms with van der Waals surface area (Å²) in [6.07, 6.45) is -0.147. The quantitative estimate of drug-likeness (QED) is 0.394. The van der Waals surface area contributed by atoms with Crippen molar-refractivity contribution in [1.29, 1.82) is 0 Å². The van der Waals surface area contributed by atoms with Crippen LogP contribution in [-0.4, -0.2) is 43.3 Å². The van der Waals surface area contributed by atoms with Gasteiger partial charge in [-0.05, 0) is 0 Å². The van der Waals surface area contributed by atoms with Gasteiger partial charge in [-0.2, -0.15) is 5.48 Å². The third-order valence-corrected chi connectivity index (χ3v) is 1.95. The van der Waals surface area contributed by atoms with E-state index in [0.29, 0.717) is 18.1 Å². The summed E-state index contributed by atoms with van der Waals surface area (Å²) in [4.78, 5) is 37.7. The molecule has 17 heavy (non-hydrogen) atoms. The first-order valence-electron chi connectivity index (χ1n) is 5.09. The Labute approximate surface area is 97.7 Å². The van der Waals surface area contributed by atoms with Crippen molar-refractivity contribution in [1.82, 2.24) is 10.5 Å². The summed E-state index contributed by atoms with van der Waals surface area (Å²) in [5.74, 6) is -0.982. The fourth-order valence-corrected chi connectivity index (χ4v) is 1.14. The number of carbonyl (C=O) groups is 3. The molecule has 0 aromatic carbocycles. The maximum absolute atomic E-state index is 11.1. The Morgan fingerprint density at radius 3 is 2.53 bits per heavy atom. The van der Waals surface area contributed by atoms with Crippen LogP contribution in [0.15, 0.2) is 0 Å². The van der Waals surface area contributed by atoms with E-state index in [-0.39, 0.29) is 19.4 Å². The lowest BCUT2D eigenvalue weighted by atomic mass is 10.4. The van der Waals surface area contributed by atoms with Crippen molar-refractivity contribution in [3.63, 3.8) is 0 Å². The third-order valence-electron chi connectivity index (χ3n) is 1.95. The molecule has 0 aromatic heterocycles. The summed E-state index contributed by atoms with van der Waals surface area (Å²) >= 11 is 0. The Hall–Kier alpha value is -1.67. The molecule has 1 aliphatic heterocycles. The van der Waals surface area contributed by atoms with Crippen LogP contribution in [0.1, 0.15) is 19.3 Å². The van der Waals surface area contributed by atoms with E-state index in [1.165, 1.54) is 7.11 Å². The van der Waals surface area contributed by atoms with E-state index in [2.05, 4.69) is 9.68 Å². The monoisotopic (exact) mass is 246 g/mol. The predicted octanol–water partition coefficient (Wildman–Crippen LogP) is -0.255. The lowest BCUT2D eigenvalue weighted by Crippen LogP contribution is -2.38. The molecule has 0 spiro atoms. The van der Waals surface area contributed by atoms with Crippen molar-refractivity contribution >= 4 is 17.9 Å². The van der Waals surface area contributed by atoms with Gasteiger partial charge in [-0.3, -0.25) is 9.59 Å². The molecule has 1 N–H and O–H groups in total. The van der Waals surface area contributed by atoms with Gasteiger partial charge in [0.25, 0.3) is 11.8 Å². The van der Waals surface area contributed by atoms with E-state index >= 15 is 0 Å². The first-order chi connectivity index (χ1) is 8.15. The van der Waals surface area contributed by atoms with Gasteiger partial charge in [0.05, 0.1) is 6.61 Å². The number of hydrogen-bond donors (Lipinski definition) is 1. The van der Waals surface area contributed by atoms with Crippen LogP contribution in [0, 0.1) is 0 Å². The van der Waals surface area contributed by atoms with E-state index in [1.54, 1.807) is 0 Å². The van der Waals surface area contributed by atoms with Gasteiger partial charge in [0.2, 0.25) is 0 Å². The van der Waals surface area contributed by atoms with Crippen LogP contribution < -0.4 is 5.48 Å². The lowest BCUT2D eigenvalue weighted by Gasteiger charge is -2.12. The van der Waals surface area contributed by atoms with Crippen molar-refractivity contribution in [2.24, 2.45) is 0 Å². The first kappa shape index (κ1) is 13.4. The molecular formula is C9H14N2O6. The topological polar surface area (TPSA) is 94.2 Å². The Morgan fingerprint density at radius 2 is 1.94 bits per heavy atom. The minimum Gasteiger partial charge on any atom is -0.448 e. The van der Waals surface area contributed by atoms with Crippen LogP contribution in [0.25, 0.3) is 0 Å². The fraction of sp³-hybridized carbons (Fsp3) is 0.667. The standard InChI is InChI=1S/C9H14N2O6/c1-15-5-2-6-16-9(14)10-17-11-7(12)3-4-8(11)13/h2-6H2,1H3,(H,10,14). The van der Waals surface area contributed by atoms with Crippen molar-refractivity contribution in [2.45, 2.75) is 19.3 Å². The van der Waals surface area contributed by atoms with E-state index in [9.17, 15) is 14.4 Å². The molecule has 8 heteroatoms. The van der Waals surface area contributed by atoms with Crippen LogP contribution in [0.2, 0.25) is 0 Å². The fourth-order valence-electron chi connectivity index (χ4n) is 1.14. The van der Waals surface area contributed by atoms with Crippen LogP contribution in [0.4, 0.5) is 4.79 Å². The van der Waals surface area contributed by atoms with Crippen molar-refractivity contribution < 1.29 is 28.8 Å². The molecular weight excluding hydrogens is 232 g/mol. The van der Waals surface area contributed by atoms with Crippen LogP contribution in [0.5, 0.6) is 0 Å². The molecule has 1 saturated heterocycles. The lowest BCUT2D eigenvalue weighted by molar-refractivity contribution is -0.203. The Balaban J connectivity index is 2.15. The molecule has 3 amide bonds. The molecule has 0 bridgehead atoms. The maximum Gasteiger partial charge on any atom is 0.433 e. The number of amides is 3. The van der Waals surface area contributed by atoms with E-state index < -0.39 is 17.9 Å². The summed E-state index contributed by atoms with van der Waals surface area (Å²) in [5.41, 5.74) is 1.84. The molecule has 0 radical (unpaired) electrons. The summed E-state index contributed by atoms with van der Waals surface area (Å²) in [5, 5.41) is 0.510. The molecule has 1 heterocycles. The van der Waals surface area contributed by atoms with Crippen molar-refractivity contribution in [2.75, 3.05) is 20.3 Å². The molecule has 0 atom stereocenters. The molecule has 0 aliphatic carbocycles. The molecule has 0 unspecified atom stereocenters. The number of imide groups is 1. The average molecular weight is 246 g/mol. The van der Waals surface area contributed by atoms with Crippen molar-refractivity contribution in [3.05, 3.63) is 0 Å². The Kier molecular flexibility index (Phi) is 5.37. The second kappa shape index (κ2) is 6.81. The number of nitrogens with zero attached hydrogens (tertiary/aromatic N) is 1. The van der Waals surface area contributed by atoms with Gasteiger partial charge < -0.3 is 9.47 Å². The average Bonchev–Trinajstić information content (AvgIpc) is 2.62. The van der Waals surface area contributed by atoms with E-state index in [4.69, 9.17) is 4.74 Å². The summed E-state index contributed by atoms with van der Waals surface area (Å²) in [6.45, 7) is 0.627. The highest BCUT2D eigenvalue weighted by atomic mass is 16.8. The number of ether oxygens (including phenoxy) is 2. The number of rotatable bonds is 6. The highest BCUT2D eigenvalue weighted by molar-refractivity contribution is 6.00. The number of hydrogen-bond acceptors (Lipinski definition) is 6. The first-order valence-corrected chi connectivity index (χ1v) is 5.09. The van der Waals surface area contributed by atoms with Crippen LogP contribution >= 0.6 is 0 Å². The van der Waals surface area contributed by atoms with Crippen LogP contribution in [0.3, 0.4) is 0 Å². The zero-order valence-corrected chi connectivity index (χ0v) is 9.43. The Morgan fingerprint density at radius 1 is 1.29 bits per heavy atom. The Bertz CT molecular complexity index is 290. The summed E-state index contributed by atoms with van der Waals surface area (Å²) in [6, 6.07) is 0. The molecule has 1 rings (SSSR count). The summed E-state index contributed by atoms with van der Waals surface area (Å²) in [7, 11) is 1.54.